The molecule has 0 radical (unpaired) electrons. The maximum atomic E-state index is 15.0. The van der Waals surface area contributed by atoms with Crippen molar-refractivity contribution >= 4 is 34.2 Å². The summed E-state index contributed by atoms with van der Waals surface area (Å²) < 4.78 is 21.6. The van der Waals surface area contributed by atoms with Crippen molar-refractivity contribution < 1.29 is 13.9 Å². The molecule has 1 atom stereocenters. The molecular formula is C20H22FN5O3S. The Morgan fingerprint density at radius 2 is 2.23 bits per heavy atom. The number of halogens is 1. The molecule has 1 fully saturated rings. The van der Waals surface area contributed by atoms with Crippen LogP contribution in [0.2, 0.25) is 0 Å². The Labute approximate surface area is 176 Å². The molecule has 0 aliphatic carbocycles. The molecule has 1 unspecified atom stereocenters. The average molecular weight is 431 g/mol. The molecule has 4 rings (SSSR count). The predicted molar refractivity (Wildman–Crippen MR) is 113 cm³/mol. The number of fused-ring (bicyclic) bond motifs is 1. The Balaban J connectivity index is 1.91. The van der Waals surface area contributed by atoms with E-state index in [1.165, 1.54) is 17.5 Å². The fourth-order valence-corrected chi connectivity index (χ4v) is 4.24. The van der Waals surface area contributed by atoms with Gasteiger partial charge in [-0.05, 0) is 33.5 Å². The second-order valence-corrected chi connectivity index (χ2v) is 8.17. The van der Waals surface area contributed by atoms with Crippen molar-refractivity contribution in [2.24, 2.45) is 0 Å². The molecule has 1 aliphatic rings. The lowest BCUT2D eigenvalue weighted by Gasteiger charge is -2.22. The minimum Gasteiger partial charge on any atom is -0.462 e. The molecule has 158 valence electrons. The van der Waals surface area contributed by atoms with Crippen LogP contribution in [0.3, 0.4) is 0 Å². The van der Waals surface area contributed by atoms with Gasteiger partial charge in [0.1, 0.15) is 5.56 Å². The van der Waals surface area contributed by atoms with E-state index in [0.717, 1.165) is 12.5 Å². The van der Waals surface area contributed by atoms with Crippen LogP contribution < -0.4 is 10.3 Å². The quantitative estimate of drug-likeness (QED) is 0.574. The zero-order valence-corrected chi connectivity index (χ0v) is 17.8. The van der Waals surface area contributed by atoms with Crippen LogP contribution in [0.25, 0.3) is 16.2 Å². The Kier molecular flexibility index (Phi) is 5.52. The summed E-state index contributed by atoms with van der Waals surface area (Å²) in [4.78, 5) is 38.0. The molecule has 0 amide bonds. The van der Waals surface area contributed by atoms with E-state index in [4.69, 9.17) is 4.74 Å². The minimum absolute atomic E-state index is 0.0142. The summed E-state index contributed by atoms with van der Waals surface area (Å²) in [5.41, 5.74) is -0.531. The molecular weight excluding hydrogens is 409 g/mol. The number of aromatic nitrogens is 3. The van der Waals surface area contributed by atoms with Crippen molar-refractivity contribution in [2.45, 2.75) is 19.4 Å². The number of ether oxygens (including phenoxy) is 1. The molecule has 0 spiro atoms. The number of carbonyl (C=O) groups excluding carboxylic acids is 1. The fourth-order valence-electron chi connectivity index (χ4n) is 3.63. The van der Waals surface area contributed by atoms with Gasteiger partial charge in [0, 0.05) is 36.9 Å². The monoisotopic (exact) mass is 431 g/mol. The molecule has 1 saturated heterocycles. The van der Waals surface area contributed by atoms with Crippen molar-refractivity contribution in [3.63, 3.8) is 0 Å². The first kappa shape index (κ1) is 20.4. The molecule has 3 aromatic heterocycles. The van der Waals surface area contributed by atoms with Gasteiger partial charge < -0.3 is 14.5 Å². The van der Waals surface area contributed by atoms with Crippen molar-refractivity contribution in [1.82, 2.24) is 19.4 Å². The third kappa shape index (κ3) is 3.56. The van der Waals surface area contributed by atoms with E-state index >= 15 is 4.39 Å². The summed E-state index contributed by atoms with van der Waals surface area (Å²) in [5.74, 6) is -1.15. The number of likely N-dealkylation sites (N-methyl/N-ethyl adjacent to an activating group) is 1. The number of hydrogen-bond acceptors (Lipinski definition) is 8. The lowest BCUT2D eigenvalue weighted by molar-refractivity contribution is 0.0524. The minimum atomic E-state index is -0.757. The van der Waals surface area contributed by atoms with Crippen LogP contribution in [0.5, 0.6) is 0 Å². The first-order valence-electron chi connectivity index (χ1n) is 9.65. The normalized spacial score (nSPS) is 16.6. The number of rotatable bonds is 5. The van der Waals surface area contributed by atoms with E-state index in [1.807, 2.05) is 19.0 Å². The van der Waals surface area contributed by atoms with Crippen molar-refractivity contribution in [2.75, 3.05) is 38.7 Å². The number of pyridine rings is 2. The second-order valence-electron chi connectivity index (χ2n) is 7.29. The van der Waals surface area contributed by atoms with Gasteiger partial charge in [-0.15, -0.1) is 11.3 Å². The average Bonchev–Trinajstić information content (AvgIpc) is 3.41. The standard InChI is InChI=1S/C20H22FN5O3S/c1-4-29-19(28)14-11-26(20-22-6-8-30-20)17-13(16(14)27)9-15(21)18(23-17)25-7-5-12(10-25)24(2)3/h6,8-9,11-12H,4-5,7,10H2,1-3H3. The largest absolute Gasteiger partial charge is 0.462 e. The van der Waals surface area contributed by atoms with Crippen molar-refractivity contribution in [1.29, 1.82) is 0 Å². The van der Waals surface area contributed by atoms with E-state index in [-0.39, 0.29) is 29.0 Å². The summed E-state index contributed by atoms with van der Waals surface area (Å²) in [5, 5.41) is 2.30. The lowest BCUT2D eigenvalue weighted by Crippen LogP contribution is -2.32. The maximum Gasteiger partial charge on any atom is 0.343 e. The number of thiazole rings is 1. The topological polar surface area (TPSA) is 80.6 Å². The molecule has 8 nitrogen and oxygen atoms in total. The van der Waals surface area contributed by atoms with Crippen molar-refractivity contribution in [3.8, 4) is 5.13 Å². The SMILES string of the molecule is CCOC(=O)c1cn(-c2nccs2)c2nc(N3CCC(N(C)C)C3)c(F)cc2c1=O. The van der Waals surface area contributed by atoms with Crippen LogP contribution in [-0.2, 0) is 4.74 Å². The Morgan fingerprint density at radius 3 is 2.87 bits per heavy atom. The molecule has 30 heavy (non-hydrogen) atoms. The number of esters is 1. The zero-order valence-electron chi connectivity index (χ0n) is 17.0. The fraction of sp³-hybridized carbons (Fsp3) is 0.400. The molecule has 0 saturated carbocycles. The van der Waals surface area contributed by atoms with Gasteiger partial charge in [-0.1, -0.05) is 0 Å². The van der Waals surface area contributed by atoms with Gasteiger partial charge in [0.15, 0.2) is 22.4 Å². The lowest BCUT2D eigenvalue weighted by atomic mass is 10.2. The van der Waals surface area contributed by atoms with E-state index < -0.39 is 17.2 Å². The number of nitrogens with zero attached hydrogens (tertiary/aromatic N) is 5. The van der Waals surface area contributed by atoms with Gasteiger partial charge in [0.2, 0.25) is 5.43 Å². The highest BCUT2D eigenvalue weighted by Crippen LogP contribution is 2.27. The maximum absolute atomic E-state index is 15.0. The summed E-state index contributed by atoms with van der Waals surface area (Å²) >= 11 is 1.32. The van der Waals surface area contributed by atoms with Crippen LogP contribution in [0.4, 0.5) is 10.2 Å². The van der Waals surface area contributed by atoms with Gasteiger partial charge in [0.25, 0.3) is 0 Å². The first-order valence-corrected chi connectivity index (χ1v) is 10.5. The number of hydrogen-bond donors (Lipinski definition) is 0. The Hall–Kier alpha value is -2.85. The van der Waals surface area contributed by atoms with E-state index in [1.54, 1.807) is 23.1 Å². The van der Waals surface area contributed by atoms with Crippen LogP contribution in [0.15, 0.2) is 28.6 Å². The van der Waals surface area contributed by atoms with Gasteiger partial charge in [-0.3, -0.25) is 9.36 Å². The predicted octanol–water partition coefficient (Wildman–Crippen LogP) is 2.30. The van der Waals surface area contributed by atoms with Gasteiger partial charge in [0.05, 0.1) is 12.0 Å². The highest BCUT2D eigenvalue weighted by Gasteiger charge is 2.28. The van der Waals surface area contributed by atoms with Gasteiger partial charge in [-0.2, -0.15) is 0 Å². The number of anilines is 1. The molecule has 1 aliphatic heterocycles. The summed E-state index contributed by atoms with van der Waals surface area (Å²) in [6.07, 6.45) is 3.89. The van der Waals surface area contributed by atoms with Crippen LogP contribution in [-0.4, -0.2) is 65.2 Å². The smallest absolute Gasteiger partial charge is 0.343 e. The van der Waals surface area contributed by atoms with Crippen LogP contribution in [0.1, 0.15) is 23.7 Å². The molecule has 10 heteroatoms. The molecule has 0 bridgehead atoms. The summed E-state index contributed by atoms with van der Waals surface area (Å²) in [6.45, 7) is 3.09. The Morgan fingerprint density at radius 1 is 1.43 bits per heavy atom. The van der Waals surface area contributed by atoms with Gasteiger partial charge >= 0.3 is 5.97 Å². The molecule has 3 aromatic rings. The summed E-state index contributed by atoms with van der Waals surface area (Å²) in [6, 6.07) is 1.46. The van der Waals surface area contributed by atoms with E-state index in [0.29, 0.717) is 24.3 Å². The third-order valence-electron chi connectivity index (χ3n) is 5.23. The molecule has 0 aromatic carbocycles. The van der Waals surface area contributed by atoms with Gasteiger partial charge in [-0.25, -0.2) is 19.2 Å². The second kappa shape index (κ2) is 8.11. The summed E-state index contributed by atoms with van der Waals surface area (Å²) in [7, 11) is 3.99. The first-order chi connectivity index (χ1) is 14.4. The highest BCUT2D eigenvalue weighted by atomic mass is 32.1. The molecule has 4 heterocycles. The van der Waals surface area contributed by atoms with Crippen molar-refractivity contribution in [3.05, 3.63) is 45.4 Å². The third-order valence-corrected chi connectivity index (χ3v) is 6.00. The number of carbonyl (C=O) groups is 1. The zero-order chi connectivity index (χ0) is 21.4. The van der Waals surface area contributed by atoms with Crippen LogP contribution >= 0.6 is 11.3 Å². The molecule has 0 N–H and O–H groups in total. The van der Waals surface area contributed by atoms with E-state index in [9.17, 15) is 9.59 Å². The van der Waals surface area contributed by atoms with Crippen LogP contribution in [0, 0.1) is 5.82 Å². The Bertz CT molecular complexity index is 1150. The van der Waals surface area contributed by atoms with E-state index in [2.05, 4.69) is 14.9 Å². The highest BCUT2D eigenvalue weighted by molar-refractivity contribution is 7.12.